The molecule has 148 valence electrons. The lowest BCUT2D eigenvalue weighted by molar-refractivity contribution is -0.144. The first-order valence-corrected chi connectivity index (χ1v) is 9.07. The van der Waals surface area contributed by atoms with Crippen LogP contribution in [-0.2, 0) is 20.9 Å². The summed E-state index contributed by atoms with van der Waals surface area (Å²) in [5.41, 5.74) is 3.04. The maximum atomic E-state index is 12.3. The van der Waals surface area contributed by atoms with Gasteiger partial charge >= 0.3 is 11.9 Å². The molecule has 0 fully saturated rings. The first-order chi connectivity index (χ1) is 14.1. The zero-order valence-corrected chi connectivity index (χ0v) is 15.9. The lowest BCUT2D eigenvalue weighted by atomic mass is 10.0. The van der Waals surface area contributed by atoms with Gasteiger partial charge in [-0.25, -0.2) is 4.79 Å². The summed E-state index contributed by atoms with van der Waals surface area (Å²) in [5.74, 6) is -1.32. The minimum absolute atomic E-state index is 0.00474. The molecular formula is C23H20O6. The van der Waals surface area contributed by atoms with Crippen LogP contribution in [0.4, 0.5) is 0 Å². The van der Waals surface area contributed by atoms with Crippen molar-refractivity contribution in [2.75, 3.05) is 7.11 Å². The van der Waals surface area contributed by atoms with Crippen LogP contribution in [0, 0.1) is 0 Å². The summed E-state index contributed by atoms with van der Waals surface area (Å²) in [6.45, 7) is -0.125. The number of carbonyl (C=O) groups is 3. The number of furan rings is 1. The molecule has 0 spiro atoms. The predicted molar refractivity (Wildman–Crippen MR) is 105 cm³/mol. The smallest absolute Gasteiger partial charge is 0.374 e. The third-order valence-corrected chi connectivity index (χ3v) is 4.38. The van der Waals surface area contributed by atoms with E-state index in [2.05, 4.69) is 4.74 Å². The van der Waals surface area contributed by atoms with Crippen molar-refractivity contribution >= 4 is 17.7 Å². The summed E-state index contributed by atoms with van der Waals surface area (Å²) in [5, 5.41) is 0. The summed E-state index contributed by atoms with van der Waals surface area (Å²) >= 11 is 0. The van der Waals surface area contributed by atoms with E-state index < -0.39 is 11.9 Å². The Balaban J connectivity index is 1.50. The van der Waals surface area contributed by atoms with Gasteiger partial charge in [-0.05, 0) is 17.2 Å². The number of hydrogen-bond acceptors (Lipinski definition) is 6. The fourth-order valence-corrected chi connectivity index (χ4v) is 2.79. The van der Waals surface area contributed by atoms with E-state index in [9.17, 15) is 14.4 Å². The molecule has 0 aliphatic carbocycles. The van der Waals surface area contributed by atoms with Gasteiger partial charge in [0.2, 0.25) is 5.76 Å². The second-order valence-electron chi connectivity index (χ2n) is 6.29. The van der Waals surface area contributed by atoms with Crippen molar-refractivity contribution in [3.05, 3.63) is 83.8 Å². The second-order valence-corrected chi connectivity index (χ2v) is 6.29. The molecule has 0 radical (unpaired) electrons. The van der Waals surface area contributed by atoms with Crippen molar-refractivity contribution in [2.24, 2.45) is 0 Å². The van der Waals surface area contributed by atoms with Crippen LogP contribution in [0.15, 0.2) is 71.3 Å². The van der Waals surface area contributed by atoms with Crippen LogP contribution in [0.2, 0.25) is 0 Å². The number of esters is 2. The molecule has 29 heavy (non-hydrogen) atoms. The van der Waals surface area contributed by atoms with E-state index in [0.29, 0.717) is 11.1 Å². The molecule has 0 aliphatic heterocycles. The lowest BCUT2D eigenvalue weighted by Gasteiger charge is -2.06. The molecule has 6 heteroatoms. The fourth-order valence-electron chi connectivity index (χ4n) is 2.79. The third kappa shape index (κ3) is 5.19. The Bertz CT molecular complexity index is 986. The first kappa shape index (κ1) is 20.1. The molecule has 0 atom stereocenters. The zero-order chi connectivity index (χ0) is 20.6. The highest BCUT2D eigenvalue weighted by Crippen LogP contribution is 2.20. The molecule has 6 nitrogen and oxygen atoms in total. The maximum Gasteiger partial charge on any atom is 0.374 e. The molecule has 0 aliphatic rings. The minimum atomic E-state index is -0.643. The summed E-state index contributed by atoms with van der Waals surface area (Å²) in [4.78, 5) is 35.8. The van der Waals surface area contributed by atoms with Gasteiger partial charge in [-0.15, -0.1) is 0 Å². The van der Waals surface area contributed by atoms with E-state index >= 15 is 0 Å². The highest BCUT2D eigenvalue weighted by atomic mass is 16.5. The van der Waals surface area contributed by atoms with E-state index in [-0.39, 0.29) is 31.0 Å². The Labute approximate surface area is 168 Å². The summed E-state index contributed by atoms with van der Waals surface area (Å²) in [6.07, 6.45) is 1.31. The van der Waals surface area contributed by atoms with E-state index in [1.165, 1.54) is 19.4 Å². The van der Waals surface area contributed by atoms with Crippen molar-refractivity contribution in [3.63, 3.8) is 0 Å². The number of carbonyl (C=O) groups excluding carboxylic acids is 3. The van der Waals surface area contributed by atoms with Crippen LogP contribution in [0.1, 0.15) is 39.3 Å². The Morgan fingerprint density at radius 1 is 0.862 bits per heavy atom. The van der Waals surface area contributed by atoms with Gasteiger partial charge in [0.05, 0.1) is 19.8 Å². The molecule has 3 rings (SSSR count). The van der Waals surface area contributed by atoms with Gasteiger partial charge in [0.1, 0.15) is 6.61 Å². The molecule has 0 amide bonds. The predicted octanol–water partition coefficient (Wildman–Crippen LogP) is 4.44. The van der Waals surface area contributed by atoms with Gasteiger partial charge in [0.25, 0.3) is 0 Å². The van der Waals surface area contributed by atoms with E-state index in [1.54, 1.807) is 12.1 Å². The van der Waals surface area contributed by atoms with E-state index in [1.807, 2.05) is 42.5 Å². The van der Waals surface area contributed by atoms with Crippen LogP contribution < -0.4 is 0 Å². The van der Waals surface area contributed by atoms with Crippen molar-refractivity contribution in [1.29, 1.82) is 0 Å². The maximum absolute atomic E-state index is 12.3. The number of Topliss-reactive ketones (excluding diaryl/α,β-unsaturated/α-hetero) is 1. The number of ketones is 1. The highest BCUT2D eigenvalue weighted by Gasteiger charge is 2.17. The number of ether oxygens (including phenoxy) is 2. The van der Waals surface area contributed by atoms with Crippen molar-refractivity contribution in [2.45, 2.75) is 19.4 Å². The average molecular weight is 392 g/mol. The molecule has 0 saturated carbocycles. The molecule has 0 bridgehead atoms. The summed E-state index contributed by atoms with van der Waals surface area (Å²) in [6, 6.07) is 18.7. The minimum Gasteiger partial charge on any atom is -0.463 e. The van der Waals surface area contributed by atoms with Crippen LogP contribution in [0.3, 0.4) is 0 Å². The molecule has 1 aromatic heterocycles. The monoisotopic (exact) mass is 392 g/mol. The number of rotatable bonds is 8. The Hall–Kier alpha value is -3.67. The topological polar surface area (TPSA) is 82.8 Å². The Kier molecular flexibility index (Phi) is 6.58. The number of methoxy groups -OCH3 is 1. The molecular weight excluding hydrogens is 372 g/mol. The molecule has 0 saturated heterocycles. The van der Waals surface area contributed by atoms with Crippen molar-refractivity contribution in [1.82, 2.24) is 0 Å². The second kappa shape index (κ2) is 9.50. The quantitative estimate of drug-likeness (QED) is 0.416. The molecule has 2 aromatic carbocycles. The summed E-state index contributed by atoms with van der Waals surface area (Å²) in [7, 11) is 1.23. The van der Waals surface area contributed by atoms with Crippen molar-refractivity contribution in [3.8, 4) is 11.1 Å². The van der Waals surface area contributed by atoms with Crippen LogP contribution in [-0.4, -0.2) is 24.8 Å². The highest BCUT2D eigenvalue weighted by molar-refractivity contribution is 5.98. The van der Waals surface area contributed by atoms with Crippen LogP contribution in [0.25, 0.3) is 11.1 Å². The largest absolute Gasteiger partial charge is 0.463 e. The zero-order valence-electron chi connectivity index (χ0n) is 15.9. The van der Waals surface area contributed by atoms with Crippen molar-refractivity contribution < 1.29 is 28.3 Å². The fraction of sp³-hybridized carbons (Fsp3) is 0.174. The molecule has 1 heterocycles. The average Bonchev–Trinajstić information content (AvgIpc) is 3.25. The van der Waals surface area contributed by atoms with Crippen LogP contribution in [0.5, 0.6) is 0 Å². The number of benzene rings is 2. The normalized spacial score (nSPS) is 10.4. The molecule has 3 aromatic rings. The van der Waals surface area contributed by atoms with Gasteiger partial charge in [-0.2, -0.15) is 0 Å². The molecule has 0 N–H and O–H groups in total. The van der Waals surface area contributed by atoms with Crippen LogP contribution >= 0.6 is 0 Å². The first-order valence-electron chi connectivity index (χ1n) is 9.07. The van der Waals surface area contributed by atoms with Gasteiger partial charge < -0.3 is 13.9 Å². The van der Waals surface area contributed by atoms with Gasteiger partial charge in [-0.1, -0.05) is 54.6 Å². The standard InChI is InChI=1S/C23H20O6/c1-27-23(26)22-19(13-14-28-22)15-29-21(25)12-11-20(24)18-9-7-17(8-10-18)16-5-3-2-4-6-16/h2-10,13-14H,11-12,15H2,1H3. The number of hydrogen-bond donors (Lipinski definition) is 0. The molecule has 0 unspecified atom stereocenters. The Morgan fingerprint density at radius 3 is 2.24 bits per heavy atom. The lowest BCUT2D eigenvalue weighted by Crippen LogP contribution is -2.10. The van der Waals surface area contributed by atoms with Gasteiger partial charge in [0, 0.05) is 17.5 Å². The summed E-state index contributed by atoms with van der Waals surface area (Å²) < 4.78 is 14.7. The van der Waals surface area contributed by atoms with Gasteiger partial charge in [-0.3, -0.25) is 9.59 Å². The Morgan fingerprint density at radius 2 is 1.55 bits per heavy atom. The van der Waals surface area contributed by atoms with E-state index in [0.717, 1.165) is 11.1 Å². The van der Waals surface area contributed by atoms with E-state index in [4.69, 9.17) is 9.15 Å². The van der Waals surface area contributed by atoms with Gasteiger partial charge in [0.15, 0.2) is 5.78 Å². The SMILES string of the molecule is COC(=O)c1occc1COC(=O)CCC(=O)c1ccc(-c2ccccc2)cc1. The third-order valence-electron chi connectivity index (χ3n) is 4.38.